The number of benzene rings is 1. The molecule has 1 aromatic carbocycles. The van der Waals surface area contributed by atoms with Crippen LogP contribution in [0.2, 0.25) is 0 Å². The quantitative estimate of drug-likeness (QED) is 0.795. The van der Waals surface area contributed by atoms with Gasteiger partial charge >= 0.3 is 0 Å². The highest BCUT2D eigenvalue weighted by Gasteiger charge is 2.34. The molecule has 3 heterocycles. The summed E-state index contributed by atoms with van der Waals surface area (Å²) >= 11 is 0. The molecule has 2 fully saturated rings. The zero-order valence-corrected chi connectivity index (χ0v) is 18.4. The van der Waals surface area contributed by atoms with E-state index in [0.29, 0.717) is 18.2 Å². The Morgan fingerprint density at radius 1 is 1.23 bits per heavy atom. The smallest absolute Gasteiger partial charge is 0.224 e. The summed E-state index contributed by atoms with van der Waals surface area (Å²) in [6, 6.07) is 1.89. The number of halogens is 1. The van der Waals surface area contributed by atoms with Crippen LogP contribution in [0.1, 0.15) is 64.0 Å². The van der Waals surface area contributed by atoms with Gasteiger partial charge in [0, 0.05) is 35.9 Å². The van der Waals surface area contributed by atoms with E-state index in [-0.39, 0.29) is 23.9 Å². The molecule has 166 valence electrons. The maximum absolute atomic E-state index is 15.5. The number of amides is 1. The first-order valence-corrected chi connectivity index (χ1v) is 11.6. The number of ether oxygens (including phenoxy) is 1. The maximum Gasteiger partial charge on any atom is 0.224 e. The molecule has 5 rings (SSSR count). The summed E-state index contributed by atoms with van der Waals surface area (Å²) in [4.78, 5) is 14.0. The van der Waals surface area contributed by atoms with Crippen LogP contribution in [0.15, 0.2) is 18.5 Å². The summed E-state index contributed by atoms with van der Waals surface area (Å²) < 4.78 is 24.0. The summed E-state index contributed by atoms with van der Waals surface area (Å²) in [6.45, 7) is 5.46. The monoisotopic (exact) mass is 426 g/mol. The van der Waals surface area contributed by atoms with Gasteiger partial charge in [-0.2, -0.15) is 5.10 Å². The van der Waals surface area contributed by atoms with Crippen molar-refractivity contribution >= 4 is 11.6 Å². The van der Waals surface area contributed by atoms with Gasteiger partial charge in [0.15, 0.2) is 0 Å². The number of nitrogens with one attached hydrogen (secondary N) is 1. The van der Waals surface area contributed by atoms with Gasteiger partial charge in [0.1, 0.15) is 11.6 Å². The van der Waals surface area contributed by atoms with E-state index in [1.165, 1.54) is 6.92 Å². The summed E-state index contributed by atoms with van der Waals surface area (Å²) in [7, 11) is 0. The highest BCUT2D eigenvalue weighted by atomic mass is 19.1. The Hall–Kier alpha value is -2.41. The lowest BCUT2D eigenvalue weighted by Gasteiger charge is -2.37. The standard InChI is InChI=1S/C24H31FN4O2/c1-15-6-7-20-23(29(15)16(2)30)22(25)12-21(24(20)31-19-4-3-5-19)17-13-27-28(14-17)18-8-10-26-11-9-18/h12-15,18-19,26H,3-11H2,1-2H3/t15-/m0/s1. The van der Waals surface area contributed by atoms with E-state index >= 15 is 4.39 Å². The fourth-order valence-electron chi connectivity index (χ4n) is 5.09. The highest BCUT2D eigenvalue weighted by molar-refractivity contribution is 5.95. The van der Waals surface area contributed by atoms with Gasteiger partial charge in [-0.05, 0) is 71.0 Å². The molecule has 2 aliphatic heterocycles. The lowest BCUT2D eigenvalue weighted by molar-refractivity contribution is -0.117. The number of anilines is 1. The summed E-state index contributed by atoms with van der Waals surface area (Å²) in [5, 5.41) is 8.00. The van der Waals surface area contributed by atoms with Crippen molar-refractivity contribution in [3.05, 3.63) is 29.8 Å². The van der Waals surface area contributed by atoms with Gasteiger partial charge in [0.05, 0.1) is 24.0 Å². The van der Waals surface area contributed by atoms with Gasteiger partial charge in [-0.3, -0.25) is 9.48 Å². The summed E-state index contributed by atoms with van der Waals surface area (Å²) in [5.41, 5.74) is 2.85. The third-order valence-electron chi connectivity index (χ3n) is 7.07. The summed E-state index contributed by atoms with van der Waals surface area (Å²) in [5.74, 6) is 0.250. The molecule has 0 bridgehead atoms. The molecule has 1 saturated carbocycles. The van der Waals surface area contributed by atoms with Crippen LogP contribution in [-0.2, 0) is 11.2 Å². The van der Waals surface area contributed by atoms with Crippen LogP contribution in [0.3, 0.4) is 0 Å². The second-order valence-corrected chi connectivity index (χ2v) is 9.20. The Morgan fingerprint density at radius 2 is 2.00 bits per heavy atom. The van der Waals surface area contributed by atoms with Crippen LogP contribution in [0.4, 0.5) is 10.1 Å². The van der Waals surface area contributed by atoms with Gasteiger partial charge in [-0.25, -0.2) is 4.39 Å². The van der Waals surface area contributed by atoms with Crippen LogP contribution >= 0.6 is 0 Å². The number of hydrogen-bond donors (Lipinski definition) is 1. The molecule has 2 aromatic rings. The molecule has 1 aliphatic carbocycles. The first-order valence-electron chi connectivity index (χ1n) is 11.6. The first-order chi connectivity index (χ1) is 15.0. The van der Waals surface area contributed by atoms with Crippen molar-refractivity contribution in [1.82, 2.24) is 15.1 Å². The molecule has 3 aliphatic rings. The normalized spacial score (nSPS) is 22.2. The zero-order valence-electron chi connectivity index (χ0n) is 18.4. The Kier molecular flexibility index (Phi) is 5.46. The van der Waals surface area contributed by atoms with E-state index in [9.17, 15) is 4.79 Å². The van der Waals surface area contributed by atoms with Crippen LogP contribution in [-0.4, -0.2) is 40.9 Å². The van der Waals surface area contributed by atoms with Crippen molar-refractivity contribution in [3.63, 3.8) is 0 Å². The van der Waals surface area contributed by atoms with Gasteiger partial charge in [0.2, 0.25) is 5.91 Å². The van der Waals surface area contributed by atoms with E-state index < -0.39 is 0 Å². The minimum atomic E-state index is -0.359. The van der Waals surface area contributed by atoms with Crippen molar-refractivity contribution in [2.75, 3.05) is 18.0 Å². The van der Waals surface area contributed by atoms with Gasteiger partial charge < -0.3 is 15.0 Å². The predicted octanol–water partition coefficient (Wildman–Crippen LogP) is 4.23. The number of hydrogen-bond acceptors (Lipinski definition) is 4. The van der Waals surface area contributed by atoms with E-state index in [1.807, 2.05) is 24.0 Å². The molecular weight excluding hydrogens is 395 g/mol. The van der Waals surface area contributed by atoms with Gasteiger partial charge in [-0.1, -0.05) is 0 Å². The SMILES string of the molecule is CC(=O)N1c2c(F)cc(-c3cnn(C4CCNCC4)c3)c(OC3CCC3)c2CC[C@@H]1C. The zero-order chi connectivity index (χ0) is 21.5. The second kappa shape index (κ2) is 8.26. The number of carbonyl (C=O) groups is 1. The molecule has 1 atom stereocenters. The van der Waals surface area contributed by atoms with E-state index in [1.54, 1.807) is 11.0 Å². The van der Waals surface area contributed by atoms with E-state index in [4.69, 9.17) is 4.74 Å². The number of aromatic nitrogens is 2. The van der Waals surface area contributed by atoms with Crippen LogP contribution in [0.25, 0.3) is 11.1 Å². The predicted molar refractivity (Wildman–Crippen MR) is 118 cm³/mol. The average Bonchev–Trinajstić information content (AvgIpc) is 3.22. The Morgan fingerprint density at radius 3 is 2.68 bits per heavy atom. The number of fused-ring (bicyclic) bond motifs is 1. The minimum Gasteiger partial charge on any atom is -0.489 e. The highest BCUT2D eigenvalue weighted by Crippen LogP contribution is 2.46. The Labute approximate surface area is 182 Å². The molecule has 0 radical (unpaired) electrons. The van der Waals surface area contributed by atoms with Crippen molar-refractivity contribution < 1.29 is 13.9 Å². The molecule has 1 N–H and O–H groups in total. The van der Waals surface area contributed by atoms with Gasteiger partial charge in [0.25, 0.3) is 0 Å². The molecule has 7 heteroatoms. The number of nitrogens with zero attached hydrogens (tertiary/aromatic N) is 3. The third-order valence-corrected chi connectivity index (χ3v) is 7.07. The van der Waals surface area contributed by atoms with Crippen molar-refractivity contribution in [2.24, 2.45) is 0 Å². The van der Waals surface area contributed by atoms with Crippen LogP contribution in [0, 0.1) is 5.82 Å². The molecule has 1 amide bonds. The fourth-order valence-corrected chi connectivity index (χ4v) is 5.09. The number of rotatable bonds is 4. The Balaban J connectivity index is 1.59. The molecular formula is C24H31FN4O2. The fraction of sp³-hybridized carbons (Fsp3) is 0.583. The molecule has 0 spiro atoms. The van der Waals surface area contributed by atoms with E-state index in [2.05, 4.69) is 10.4 Å². The molecule has 0 unspecified atom stereocenters. The van der Waals surface area contributed by atoms with Crippen molar-refractivity contribution in [3.8, 4) is 16.9 Å². The number of piperidine rings is 1. The second-order valence-electron chi connectivity index (χ2n) is 9.20. The lowest BCUT2D eigenvalue weighted by atomic mass is 9.90. The molecule has 6 nitrogen and oxygen atoms in total. The summed E-state index contributed by atoms with van der Waals surface area (Å²) in [6.07, 6.45) is 10.8. The minimum absolute atomic E-state index is 0.0236. The molecule has 31 heavy (non-hydrogen) atoms. The third kappa shape index (κ3) is 3.73. The number of carbonyl (C=O) groups excluding carboxylic acids is 1. The van der Waals surface area contributed by atoms with Crippen molar-refractivity contribution in [2.45, 2.75) is 77.0 Å². The lowest BCUT2D eigenvalue weighted by Crippen LogP contribution is -2.41. The maximum atomic E-state index is 15.5. The van der Waals surface area contributed by atoms with Crippen LogP contribution in [0.5, 0.6) is 5.75 Å². The van der Waals surface area contributed by atoms with Crippen molar-refractivity contribution in [1.29, 1.82) is 0 Å². The Bertz CT molecular complexity index is 978. The molecule has 1 saturated heterocycles. The molecule has 1 aromatic heterocycles. The average molecular weight is 427 g/mol. The topological polar surface area (TPSA) is 59.4 Å². The van der Waals surface area contributed by atoms with Gasteiger partial charge in [-0.15, -0.1) is 0 Å². The van der Waals surface area contributed by atoms with E-state index in [0.717, 1.165) is 74.1 Å². The van der Waals surface area contributed by atoms with Crippen LogP contribution < -0.4 is 15.0 Å². The largest absolute Gasteiger partial charge is 0.489 e. The first kappa shape index (κ1) is 20.5.